The third-order valence-electron chi connectivity index (χ3n) is 4.20. The number of aromatic nitrogens is 1. The standard InChI is InChI=1S/C22H19N3O/c1-16(25-22(26)13-18-5-3-11-24-15-18)19-7-9-20(10-8-19)21-6-2-4-17(12-21)14-23/h2-12,15-16H,13H2,1H3,(H,25,26)/t16-/m0/s1. The van der Waals surface area contributed by atoms with Gasteiger partial charge in [0.25, 0.3) is 0 Å². The molecule has 1 heterocycles. The zero-order valence-corrected chi connectivity index (χ0v) is 14.5. The van der Waals surface area contributed by atoms with Crippen molar-refractivity contribution in [3.8, 4) is 17.2 Å². The average molecular weight is 341 g/mol. The van der Waals surface area contributed by atoms with E-state index in [1.54, 1.807) is 18.5 Å². The van der Waals surface area contributed by atoms with Crippen LogP contribution < -0.4 is 5.32 Å². The van der Waals surface area contributed by atoms with Crippen LogP contribution in [0.1, 0.15) is 29.7 Å². The van der Waals surface area contributed by atoms with Crippen molar-refractivity contribution >= 4 is 5.91 Å². The Balaban J connectivity index is 1.66. The van der Waals surface area contributed by atoms with E-state index in [9.17, 15) is 4.79 Å². The van der Waals surface area contributed by atoms with Crippen LogP contribution in [0, 0.1) is 11.3 Å². The summed E-state index contributed by atoms with van der Waals surface area (Å²) in [5, 5.41) is 12.0. The molecule has 0 radical (unpaired) electrons. The first-order valence-electron chi connectivity index (χ1n) is 8.44. The van der Waals surface area contributed by atoms with Gasteiger partial charge in [0.1, 0.15) is 0 Å². The Hall–Kier alpha value is -3.45. The van der Waals surface area contributed by atoms with Crippen molar-refractivity contribution in [1.82, 2.24) is 10.3 Å². The number of nitriles is 1. The van der Waals surface area contributed by atoms with Crippen molar-refractivity contribution in [3.05, 3.63) is 89.7 Å². The van der Waals surface area contributed by atoms with Crippen LogP contribution in [0.5, 0.6) is 0 Å². The topological polar surface area (TPSA) is 65.8 Å². The first kappa shape index (κ1) is 17.4. The number of rotatable bonds is 5. The van der Waals surface area contributed by atoms with E-state index in [1.165, 1.54) is 0 Å². The fourth-order valence-electron chi connectivity index (χ4n) is 2.80. The largest absolute Gasteiger partial charge is 0.349 e. The molecular formula is C22H19N3O. The Bertz CT molecular complexity index is 928. The molecular weight excluding hydrogens is 322 g/mol. The van der Waals surface area contributed by atoms with Crippen LogP contribution in [0.25, 0.3) is 11.1 Å². The van der Waals surface area contributed by atoms with Gasteiger partial charge in [-0.15, -0.1) is 0 Å². The van der Waals surface area contributed by atoms with Crippen molar-refractivity contribution in [3.63, 3.8) is 0 Å². The summed E-state index contributed by atoms with van der Waals surface area (Å²) in [6.45, 7) is 1.96. The fourth-order valence-corrected chi connectivity index (χ4v) is 2.80. The van der Waals surface area contributed by atoms with E-state index in [-0.39, 0.29) is 11.9 Å². The molecule has 0 spiro atoms. The number of benzene rings is 2. The Morgan fingerprint density at radius 1 is 1.12 bits per heavy atom. The summed E-state index contributed by atoms with van der Waals surface area (Å²) in [7, 11) is 0. The number of carbonyl (C=O) groups excluding carboxylic acids is 1. The van der Waals surface area contributed by atoms with Crippen molar-refractivity contribution in [2.45, 2.75) is 19.4 Å². The molecule has 3 aromatic rings. The molecule has 4 heteroatoms. The fraction of sp³-hybridized carbons (Fsp3) is 0.136. The van der Waals surface area contributed by atoms with Gasteiger partial charge in [-0.3, -0.25) is 9.78 Å². The molecule has 1 amide bonds. The highest BCUT2D eigenvalue weighted by Crippen LogP contribution is 2.23. The van der Waals surface area contributed by atoms with Gasteiger partial charge in [0.2, 0.25) is 5.91 Å². The summed E-state index contributed by atoms with van der Waals surface area (Å²) < 4.78 is 0. The van der Waals surface area contributed by atoms with Gasteiger partial charge >= 0.3 is 0 Å². The highest BCUT2D eigenvalue weighted by Gasteiger charge is 2.10. The molecule has 3 rings (SSSR count). The van der Waals surface area contributed by atoms with Crippen LogP contribution in [0.3, 0.4) is 0 Å². The monoisotopic (exact) mass is 341 g/mol. The van der Waals surface area contributed by atoms with Crippen LogP contribution in [-0.2, 0) is 11.2 Å². The van der Waals surface area contributed by atoms with Gasteiger partial charge in [0, 0.05) is 12.4 Å². The summed E-state index contributed by atoms with van der Waals surface area (Å²) in [6, 6.07) is 21.3. The molecule has 1 aromatic heterocycles. The van der Waals surface area contributed by atoms with Gasteiger partial charge in [-0.1, -0.05) is 42.5 Å². The van der Waals surface area contributed by atoms with E-state index >= 15 is 0 Å². The molecule has 26 heavy (non-hydrogen) atoms. The molecule has 0 saturated heterocycles. The Morgan fingerprint density at radius 2 is 1.92 bits per heavy atom. The van der Waals surface area contributed by atoms with E-state index in [0.717, 1.165) is 22.3 Å². The molecule has 0 bridgehead atoms. The van der Waals surface area contributed by atoms with Crippen molar-refractivity contribution in [2.24, 2.45) is 0 Å². The van der Waals surface area contributed by atoms with Crippen LogP contribution in [0.15, 0.2) is 73.1 Å². The molecule has 128 valence electrons. The van der Waals surface area contributed by atoms with E-state index in [1.807, 2.05) is 61.5 Å². The second-order valence-electron chi connectivity index (χ2n) is 6.14. The summed E-state index contributed by atoms with van der Waals surface area (Å²) in [6.07, 6.45) is 3.71. The van der Waals surface area contributed by atoms with Gasteiger partial charge in [0.05, 0.1) is 24.1 Å². The molecule has 1 N–H and O–H groups in total. The maximum atomic E-state index is 12.2. The first-order valence-corrected chi connectivity index (χ1v) is 8.44. The lowest BCUT2D eigenvalue weighted by atomic mass is 10.00. The highest BCUT2D eigenvalue weighted by molar-refractivity contribution is 5.79. The van der Waals surface area contributed by atoms with Crippen LogP contribution in [-0.4, -0.2) is 10.9 Å². The molecule has 0 fully saturated rings. The molecule has 0 aliphatic carbocycles. The third-order valence-corrected chi connectivity index (χ3v) is 4.20. The minimum Gasteiger partial charge on any atom is -0.349 e. The van der Waals surface area contributed by atoms with Gasteiger partial charge in [-0.25, -0.2) is 0 Å². The van der Waals surface area contributed by atoms with Gasteiger partial charge < -0.3 is 5.32 Å². The number of nitrogens with one attached hydrogen (secondary N) is 1. The van der Waals surface area contributed by atoms with Gasteiger partial charge in [-0.2, -0.15) is 5.26 Å². The zero-order chi connectivity index (χ0) is 18.4. The van der Waals surface area contributed by atoms with Crippen LogP contribution in [0.4, 0.5) is 0 Å². The maximum Gasteiger partial charge on any atom is 0.224 e. The van der Waals surface area contributed by atoms with E-state index in [2.05, 4.69) is 16.4 Å². The predicted octanol–water partition coefficient (Wildman–Crippen LogP) is 4.04. The van der Waals surface area contributed by atoms with Gasteiger partial charge in [-0.05, 0) is 47.4 Å². The summed E-state index contributed by atoms with van der Waals surface area (Å²) >= 11 is 0. The molecule has 4 nitrogen and oxygen atoms in total. The molecule has 0 aliphatic rings. The number of hydrogen-bond acceptors (Lipinski definition) is 3. The average Bonchev–Trinajstić information content (AvgIpc) is 2.69. The third kappa shape index (κ3) is 4.34. The second kappa shape index (κ2) is 8.09. The number of nitrogens with zero attached hydrogens (tertiary/aromatic N) is 2. The Morgan fingerprint density at radius 3 is 2.62 bits per heavy atom. The molecule has 1 atom stereocenters. The summed E-state index contributed by atoms with van der Waals surface area (Å²) in [5.41, 5.74) is 4.61. The number of carbonyl (C=O) groups is 1. The smallest absolute Gasteiger partial charge is 0.224 e. The Kier molecular flexibility index (Phi) is 5.40. The summed E-state index contributed by atoms with van der Waals surface area (Å²) in [5.74, 6) is -0.0312. The Labute approximate surface area is 153 Å². The SMILES string of the molecule is C[C@H](NC(=O)Cc1cccnc1)c1ccc(-c2cccc(C#N)c2)cc1. The number of pyridine rings is 1. The summed E-state index contributed by atoms with van der Waals surface area (Å²) in [4.78, 5) is 16.2. The maximum absolute atomic E-state index is 12.2. The minimum absolute atomic E-state index is 0.0312. The van der Waals surface area contributed by atoms with E-state index in [0.29, 0.717) is 12.0 Å². The lowest BCUT2D eigenvalue weighted by molar-refractivity contribution is -0.121. The van der Waals surface area contributed by atoms with Crippen LogP contribution in [0.2, 0.25) is 0 Å². The molecule has 0 unspecified atom stereocenters. The molecule has 2 aromatic carbocycles. The van der Waals surface area contributed by atoms with Crippen molar-refractivity contribution in [1.29, 1.82) is 5.26 Å². The normalized spacial score (nSPS) is 11.4. The lowest BCUT2D eigenvalue weighted by Gasteiger charge is -2.15. The quantitative estimate of drug-likeness (QED) is 0.761. The zero-order valence-electron chi connectivity index (χ0n) is 14.5. The van der Waals surface area contributed by atoms with Crippen molar-refractivity contribution < 1.29 is 4.79 Å². The van der Waals surface area contributed by atoms with E-state index < -0.39 is 0 Å². The van der Waals surface area contributed by atoms with E-state index in [4.69, 9.17) is 5.26 Å². The number of amides is 1. The lowest BCUT2D eigenvalue weighted by Crippen LogP contribution is -2.28. The van der Waals surface area contributed by atoms with Gasteiger partial charge in [0.15, 0.2) is 0 Å². The first-order chi connectivity index (χ1) is 12.7. The minimum atomic E-state index is -0.0846. The van der Waals surface area contributed by atoms with Crippen molar-refractivity contribution in [2.75, 3.05) is 0 Å². The second-order valence-corrected chi connectivity index (χ2v) is 6.14. The predicted molar refractivity (Wildman–Crippen MR) is 101 cm³/mol. The molecule has 0 aliphatic heterocycles. The highest BCUT2D eigenvalue weighted by atomic mass is 16.1. The van der Waals surface area contributed by atoms with Crippen LogP contribution >= 0.6 is 0 Å². The number of hydrogen-bond donors (Lipinski definition) is 1. The molecule has 0 saturated carbocycles.